The number of alkyl halides is 2. The van der Waals surface area contributed by atoms with E-state index >= 15 is 0 Å². The third kappa shape index (κ3) is 1.48. The molecular formula is C3H6F2N2O3S. The molecule has 0 bridgehead atoms. The van der Waals surface area contributed by atoms with E-state index in [0.717, 1.165) is 0 Å². The molecule has 8 heteroatoms. The van der Waals surface area contributed by atoms with Gasteiger partial charge < -0.3 is 5.11 Å². The molecule has 3 N–H and O–H groups in total. The van der Waals surface area contributed by atoms with Gasteiger partial charge in [0.05, 0.1) is 6.54 Å². The van der Waals surface area contributed by atoms with Crippen LogP contribution in [-0.4, -0.2) is 31.7 Å². The third-order valence-corrected chi connectivity index (χ3v) is 2.63. The van der Waals surface area contributed by atoms with Crippen molar-refractivity contribution >= 4 is 10.0 Å². The molecule has 0 amide bonds. The summed E-state index contributed by atoms with van der Waals surface area (Å²) in [7, 11) is -4.71. The summed E-state index contributed by atoms with van der Waals surface area (Å²) in [5.74, 6) is 0. The monoisotopic (exact) mass is 188 g/mol. The van der Waals surface area contributed by atoms with Crippen LogP contribution in [0.4, 0.5) is 8.78 Å². The zero-order valence-electron chi connectivity index (χ0n) is 5.21. The first kappa shape index (κ1) is 8.78. The summed E-state index contributed by atoms with van der Waals surface area (Å²) in [5, 5.41) is 6.53. The smallest absolute Gasteiger partial charge is 0.365 e. The molecule has 66 valence electrons. The van der Waals surface area contributed by atoms with E-state index in [-0.39, 0.29) is 0 Å². The van der Waals surface area contributed by atoms with Crippen molar-refractivity contribution in [1.29, 1.82) is 0 Å². The maximum absolute atomic E-state index is 12.3. The topological polar surface area (TPSA) is 78.4 Å². The standard InChI is InChI=1S/C3H6F2N2O3S/c4-3(5)1-6-2(8)7-11(3,9)10/h2,6-8H,1H2. The molecule has 0 radical (unpaired) electrons. The Morgan fingerprint density at radius 2 is 2.09 bits per heavy atom. The molecule has 0 saturated carbocycles. The molecule has 0 aromatic heterocycles. The van der Waals surface area contributed by atoms with Gasteiger partial charge in [-0.1, -0.05) is 0 Å². The summed E-state index contributed by atoms with van der Waals surface area (Å²) in [6.45, 7) is -1.08. The van der Waals surface area contributed by atoms with Gasteiger partial charge in [-0.25, -0.2) is 8.42 Å². The Morgan fingerprint density at radius 1 is 1.55 bits per heavy atom. The van der Waals surface area contributed by atoms with Crippen molar-refractivity contribution in [2.75, 3.05) is 6.54 Å². The highest BCUT2D eigenvalue weighted by Crippen LogP contribution is 2.21. The van der Waals surface area contributed by atoms with Gasteiger partial charge in [0.25, 0.3) is 10.0 Å². The Hall–Kier alpha value is -0.310. The summed E-state index contributed by atoms with van der Waals surface area (Å²) in [6, 6.07) is 0. The van der Waals surface area contributed by atoms with Gasteiger partial charge in [0, 0.05) is 0 Å². The lowest BCUT2D eigenvalue weighted by Gasteiger charge is -2.26. The molecule has 0 spiro atoms. The van der Waals surface area contributed by atoms with Gasteiger partial charge in [0.2, 0.25) is 0 Å². The molecule has 1 saturated heterocycles. The first-order chi connectivity index (χ1) is 4.85. The van der Waals surface area contributed by atoms with Gasteiger partial charge in [0.1, 0.15) is 0 Å². The number of hydrogen-bond acceptors (Lipinski definition) is 4. The predicted molar refractivity (Wildman–Crippen MR) is 31.0 cm³/mol. The minimum Gasteiger partial charge on any atom is -0.365 e. The molecule has 0 aromatic rings. The molecule has 1 fully saturated rings. The van der Waals surface area contributed by atoms with E-state index < -0.39 is 28.2 Å². The van der Waals surface area contributed by atoms with Crippen molar-refractivity contribution in [2.24, 2.45) is 0 Å². The average molecular weight is 188 g/mol. The van der Waals surface area contributed by atoms with Crippen LogP contribution in [0.5, 0.6) is 0 Å². The highest BCUT2D eigenvalue weighted by Gasteiger charge is 2.49. The molecule has 1 rings (SSSR count). The van der Waals surface area contributed by atoms with Crippen LogP contribution in [0, 0.1) is 0 Å². The van der Waals surface area contributed by atoms with E-state index in [0.29, 0.717) is 0 Å². The van der Waals surface area contributed by atoms with Crippen LogP contribution in [0.15, 0.2) is 0 Å². The van der Waals surface area contributed by atoms with E-state index in [1.807, 2.05) is 5.32 Å². The number of rotatable bonds is 0. The van der Waals surface area contributed by atoms with E-state index in [1.54, 1.807) is 0 Å². The second kappa shape index (κ2) is 2.34. The lowest BCUT2D eigenvalue weighted by atomic mass is 10.6. The molecule has 0 aliphatic carbocycles. The summed E-state index contributed by atoms with van der Waals surface area (Å²) < 4.78 is 46.9. The fraction of sp³-hybridized carbons (Fsp3) is 1.00. The minimum atomic E-state index is -4.71. The predicted octanol–water partition coefficient (Wildman–Crippen LogP) is -1.62. The van der Waals surface area contributed by atoms with Crippen LogP contribution in [0.3, 0.4) is 0 Å². The van der Waals surface area contributed by atoms with Gasteiger partial charge in [0.15, 0.2) is 6.35 Å². The highest BCUT2D eigenvalue weighted by molar-refractivity contribution is 7.90. The van der Waals surface area contributed by atoms with Gasteiger partial charge in [-0.05, 0) is 0 Å². The highest BCUT2D eigenvalue weighted by atomic mass is 32.2. The van der Waals surface area contributed by atoms with E-state index in [9.17, 15) is 17.2 Å². The molecule has 0 aromatic carbocycles. The minimum absolute atomic E-state index is 1.08. The van der Waals surface area contributed by atoms with Gasteiger partial charge in [-0.2, -0.15) is 13.5 Å². The molecule has 1 heterocycles. The van der Waals surface area contributed by atoms with E-state index in [1.165, 1.54) is 4.72 Å². The molecule has 11 heavy (non-hydrogen) atoms. The largest absolute Gasteiger partial charge is 0.371 e. The summed E-state index contributed by atoms with van der Waals surface area (Å²) in [5.41, 5.74) is 0. The van der Waals surface area contributed by atoms with Crippen LogP contribution in [0.2, 0.25) is 0 Å². The van der Waals surface area contributed by atoms with Gasteiger partial charge in [-0.15, -0.1) is 0 Å². The maximum Gasteiger partial charge on any atom is 0.371 e. The zero-order chi connectivity index (χ0) is 8.70. The van der Waals surface area contributed by atoms with Crippen molar-refractivity contribution in [3.05, 3.63) is 0 Å². The number of halogens is 2. The first-order valence-corrected chi connectivity index (χ1v) is 4.15. The number of sulfonamides is 1. The molecular weight excluding hydrogens is 182 g/mol. The third-order valence-electron chi connectivity index (χ3n) is 1.16. The maximum atomic E-state index is 12.3. The number of hydrogen-bond donors (Lipinski definition) is 3. The lowest BCUT2D eigenvalue weighted by Crippen LogP contribution is -2.61. The van der Waals surface area contributed by atoms with E-state index in [4.69, 9.17) is 5.11 Å². The van der Waals surface area contributed by atoms with Crippen molar-refractivity contribution < 1.29 is 22.3 Å². The van der Waals surface area contributed by atoms with Crippen molar-refractivity contribution in [1.82, 2.24) is 10.0 Å². The summed E-state index contributed by atoms with van der Waals surface area (Å²) in [4.78, 5) is 0. The Labute approximate surface area is 61.4 Å². The average Bonchev–Trinajstić information content (AvgIpc) is 1.80. The van der Waals surface area contributed by atoms with Crippen molar-refractivity contribution in [3.8, 4) is 0 Å². The number of aliphatic hydroxyl groups excluding tert-OH is 1. The Balaban J connectivity index is 2.91. The fourth-order valence-electron chi connectivity index (χ4n) is 0.585. The van der Waals surface area contributed by atoms with Crippen LogP contribution in [-0.2, 0) is 10.0 Å². The number of nitrogens with one attached hydrogen (secondary N) is 2. The second-order valence-electron chi connectivity index (χ2n) is 2.04. The zero-order valence-corrected chi connectivity index (χ0v) is 6.03. The van der Waals surface area contributed by atoms with Crippen molar-refractivity contribution in [2.45, 2.75) is 11.6 Å². The molecule has 1 atom stereocenters. The van der Waals surface area contributed by atoms with Crippen LogP contribution < -0.4 is 10.0 Å². The molecule has 1 aliphatic rings. The lowest BCUT2D eigenvalue weighted by molar-refractivity contribution is 0.0297. The van der Waals surface area contributed by atoms with Crippen LogP contribution in [0.1, 0.15) is 0 Å². The first-order valence-electron chi connectivity index (χ1n) is 2.66. The van der Waals surface area contributed by atoms with Crippen LogP contribution in [0.25, 0.3) is 0 Å². The second-order valence-corrected chi connectivity index (χ2v) is 3.88. The Bertz CT molecular complexity index is 251. The normalized spacial score (nSPS) is 35.0. The SMILES string of the molecule is O=S1(=O)NC(O)NCC1(F)F. The molecule has 5 nitrogen and oxygen atoms in total. The van der Waals surface area contributed by atoms with Gasteiger partial charge in [-0.3, -0.25) is 5.32 Å². The molecule has 1 aliphatic heterocycles. The van der Waals surface area contributed by atoms with E-state index in [2.05, 4.69) is 0 Å². The fourth-order valence-corrected chi connectivity index (χ4v) is 1.41. The van der Waals surface area contributed by atoms with Gasteiger partial charge >= 0.3 is 5.25 Å². The van der Waals surface area contributed by atoms with Crippen molar-refractivity contribution in [3.63, 3.8) is 0 Å². The summed E-state index contributed by atoms with van der Waals surface area (Å²) in [6.07, 6.45) is -1.63. The Morgan fingerprint density at radius 3 is 2.45 bits per heavy atom. The Kier molecular flexibility index (Phi) is 1.87. The number of aliphatic hydroxyl groups is 1. The summed E-state index contributed by atoms with van der Waals surface area (Å²) >= 11 is 0. The molecule has 1 unspecified atom stereocenters. The quantitative estimate of drug-likeness (QED) is 0.427. The van der Waals surface area contributed by atoms with Crippen LogP contribution >= 0.6 is 0 Å².